The number of thioether (sulfide) groups is 1. The number of carbonyl (C=O) groups excluding carboxylic acids is 1. The molecule has 0 aromatic carbocycles. The lowest BCUT2D eigenvalue weighted by molar-refractivity contribution is -0.136. The van der Waals surface area contributed by atoms with E-state index in [0.717, 1.165) is 12.2 Å². The van der Waals surface area contributed by atoms with Gasteiger partial charge >= 0.3 is 12.0 Å². The first-order valence-electron chi connectivity index (χ1n) is 6.43. The number of hydrogen-bond donors (Lipinski definition) is 3. The van der Waals surface area contributed by atoms with Crippen LogP contribution in [0.1, 0.15) is 12.1 Å². The van der Waals surface area contributed by atoms with Crippen molar-refractivity contribution >= 4 is 29.4 Å². The van der Waals surface area contributed by atoms with Crippen molar-refractivity contribution < 1.29 is 14.7 Å². The number of urea groups is 1. The van der Waals surface area contributed by atoms with Gasteiger partial charge in [-0.3, -0.25) is 9.78 Å². The molecule has 0 saturated carbocycles. The highest BCUT2D eigenvalue weighted by Gasteiger charge is 2.16. The fourth-order valence-corrected chi connectivity index (χ4v) is 3.20. The van der Waals surface area contributed by atoms with E-state index in [1.54, 1.807) is 12.1 Å². The van der Waals surface area contributed by atoms with E-state index >= 15 is 0 Å². The summed E-state index contributed by atoms with van der Waals surface area (Å²) < 4.78 is 0. The van der Waals surface area contributed by atoms with Crippen LogP contribution >= 0.6 is 11.8 Å². The molecule has 1 fully saturated rings. The fraction of sp³-hybridized carbons (Fsp3) is 0.462. The van der Waals surface area contributed by atoms with Gasteiger partial charge in [0.2, 0.25) is 0 Å². The van der Waals surface area contributed by atoms with Gasteiger partial charge < -0.3 is 15.7 Å². The Morgan fingerprint density at radius 3 is 2.90 bits per heavy atom. The molecule has 3 N–H and O–H groups in total. The number of nitrogens with one attached hydrogen (secondary N) is 2. The van der Waals surface area contributed by atoms with Crippen molar-refractivity contribution in [2.75, 3.05) is 23.4 Å². The molecule has 2 amide bonds. The summed E-state index contributed by atoms with van der Waals surface area (Å²) in [6.07, 6.45) is 2.49. The van der Waals surface area contributed by atoms with E-state index in [2.05, 4.69) is 15.6 Å². The number of carboxylic acids is 1. The summed E-state index contributed by atoms with van der Waals surface area (Å²) >= 11 is 1.91. The fourth-order valence-electron chi connectivity index (χ4n) is 1.91. The zero-order valence-electron chi connectivity index (χ0n) is 11.0. The number of carboxylic acid groups (broad SMARTS) is 1. The monoisotopic (exact) mass is 295 g/mol. The van der Waals surface area contributed by atoms with Crippen molar-refractivity contribution in [1.82, 2.24) is 10.3 Å². The zero-order valence-corrected chi connectivity index (χ0v) is 11.8. The van der Waals surface area contributed by atoms with Crippen LogP contribution in [0.25, 0.3) is 0 Å². The molecular formula is C13H17N3O3S. The lowest BCUT2D eigenvalue weighted by Crippen LogP contribution is -2.33. The largest absolute Gasteiger partial charge is 0.481 e. The number of carbonyl (C=O) groups is 2. The van der Waals surface area contributed by atoms with E-state index in [1.165, 1.54) is 11.9 Å². The van der Waals surface area contributed by atoms with Gasteiger partial charge in [-0.1, -0.05) is 0 Å². The van der Waals surface area contributed by atoms with Gasteiger partial charge in [-0.25, -0.2) is 4.79 Å². The Balaban J connectivity index is 1.76. The smallest absolute Gasteiger partial charge is 0.319 e. The summed E-state index contributed by atoms with van der Waals surface area (Å²) in [6, 6.07) is 2.99. The van der Waals surface area contributed by atoms with Gasteiger partial charge in [-0.15, -0.1) is 0 Å². The van der Waals surface area contributed by atoms with Crippen molar-refractivity contribution in [1.29, 1.82) is 0 Å². The minimum Gasteiger partial charge on any atom is -0.481 e. The molecule has 1 aliphatic rings. The molecule has 0 spiro atoms. The molecule has 6 nitrogen and oxygen atoms in total. The highest BCUT2D eigenvalue weighted by molar-refractivity contribution is 7.99. The third-order valence-electron chi connectivity index (χ3n) is 2.99. The van der Waals surface area contributed by atoms with Crippen LogP contribution in [0.15, 0.2) is 18.3 Å². The molecule has 7 heteroatoms. The third-order valence-corrected chi connectivity index (χ3v) is 4.22. The highest BCUT2D eigenvalue weighted by Crippen LogP contribution is 2.22. The second kappa shape index (κ2) is 7.14. The van der Waals surface area contributed by atoms with Gasteiger partial charge in [0.15, 0.2) is 0 Å². The number of nitrogens with zero attached hydrogens (tertiary/aromatic N) is 1. The first kappa shape index (κ1) is 14.6. The zero-order chi connectivity index (χ0) is 14.4. The Hall–Kier alpha value is -1.76. The summed E-state index contributed by atoms with van der Waals surface area (Å²) in [5.74, 6) is 1.90. The number of aromatic nitrogens is 1. The molecule has 1 aromatic rings. The lowest BCUT2D eigenvalue weighted by Gasteiger charge is -2.11. The van der Waals surface area contributed by atoms with E-state index in [4.69, 9.17) is 5.11 Å². The number of rotatable bonds is 5. The van der Waals surface area contributed by atoms with Gasteiger partial charge in [-0.05, 0) is 36.0 Å². The Morgan fingerprint density at radius 2 is 2.30 bits per heavy atom. The summed E-state index contributed by atoms with van der Waals surface area (Å²) in [4.78, 5) is 26.2. The third kappa shape index (κ3) is 4.73. The first-order valence-corrected chi connectivity index (χ1v) is 7.58. The van der Waals surface area contributed by atoms with Gasteiger partial charge in [0.25, 0.3) is 0 Å². The van der Waals surface area contributed by atoms with E-state index in [0.29, 0.717) is 23.8 Å². The summed E-state index contributed by atoms with van der Waals surface area (Å²) in [5, 5.41) is 14.1. The summed E-state index contributed by atoms with van der Waals surface area (Å²) in [5.41, 5.74) is 1.02. The second-order valence-electron chi connectivity index (χ2n) is 4.67. The quantitative estimate of drug-likeness (QED) is 0.767. The van der Waals surface area contributed by atoms with Crippen LogP contribution in [0.5, 0.6) is 0 Å². The maximum Gasteiger partial charge on any atom is 0.319 e. The van der Waals surface area contributed by atoms with Crippen LogP contribution in [0.4, 0.5) is 10.5 Å². The molecule has 1 atom stereocenters. The SMILES string of the molecule is O=C(O)Cc1ccc(NC(=O)NCC2CCSC2)cn1. The van der Waals surface area contributed by atoms with Crippen LogP contribution < -0.4 is 10.6 Å². The molecule has 108 valence electrons. The number of amides is 2. The van der Waals surface area contributed by atoms with Crippen molar-refractivity contribution in [2.24, 2.45) is 5.92 Å². The Labute approximate surface area is 121 Å². The minimum absolute atomic E-state index is 0.119. The molecule has 1 aromatic heterocycles. The first-order chi connectivity index (χ1) is 9.63. The topological polar surface area (TPSA) is 91.3 Å². The Bertz CT molecular complexity index is 472. The molecule has 1 aliphatic heterocycles. The van der Waals surface area contributed by atoms with E-state index < -0.39 is 5.97 Å². The van der Waals surface area contributed by atoms with Crippen molar-refractivity contribution in [3.8, 4) is 0 Å². The molecule has 2 heterocycles. The second-order valence-corrected chi connectivity index (χ2v) is 5.82. The van der Waals surface area contributed by atoms with Crippen molar-refractivity contribution in [3.63, 3.8) is 0 Å². The molecule has 20 heavy (non-hydrogen) atoms. The van der Waals surface area contributed by atoms with Crippen molar-refractivity contribution in [3.05, 3.63) is 24.0 Å². The Morgan fingerprint density at radius 1 is 1.45 bits per heavy atom. The van der Waals surface area contributed by atoms with Crippen LogP contribution in [-0.4, -0.2) is 40.1 Å². The molecule has 2 rings (SSSR count). The number of anilines is 1. The van der Waals surface area contributed by atoms with Gasteiger partial charge in [0.05, 0.1) is 24.0 Å². The van der Waals surface area contributed by atoms with Gasteiger partial charge in [-0.2, -0.15) is 11.8 Å². The number of aliphatic carboxylic acids is 1. The lowest BCUT2D eigenvalue weighted by atomic mass is 10.1. The molecule has 0 aliphatic carbocycles. The van der Waals surface area contributed by atoms with Crippen LogP contribution in [0.2, 0.25) is 0 Å². The van der Waals surface area contributed by atoms with Crippen LogP contribution in [-0.2, 0) is 11.2 Å². The van der Waals surface area contributed by atoms with E-state index in [1.807, 2.05) is 11.8 Å². The predicted molar refractivity (Wildman–Crippen MR) is 78.0 cm³/mol. The molecule has 1 unspecified atom stereocenters. The number of hydrogen-bond acceptors (Lipinski definition) is 4. The van der Waals surface area contributed by atoms with Crippen LogP contribution in [0.3, 0.4) is 0 Å². The van der Waals surface area contributed by atoms with Gasteiger partial charge in [0, 0.05) is 6.54 Å². The molecular weight excluding hydrogens is 278 g/mol. The Kier molecular flexibility index (Phi) is 5.23. The molecule has 0 radical (unpaired) electrons. The van der Waals surface area contributed by atoms with E-state index in [-0.39, 0.29) is 12.5 Å². The minimum atomic E-state index is -0.926. The average molecular weight is 295 g/mol. The van der Waals surface area contributed by atoms with E-state index in [9.17, 15) is 9.59 Å². The summed E-state index contributed by atoms with van der Waals surface area (Å²) in [6.45, 7) is 0.684. The van der Waals surface area contributed by atoms with Crippen LogP contribution in [0, 0.1) is 5.92 Å². The maximum atomic E-state index is 11.7. The normalized spacial score (nSPS) is 17.7. The molecule has 0 bridgehead atoms. The van der Waals surface area contributed by atoms with Gasteiger partial charge in [0.1, 0.15) is 0 Å². The number of pyridine rings is 1. The predicted octanol–water partition coefficient (Wildman–Crippen LogP) is 1.58. The summed E-state index contributed by atoms with van der Waals surface area (Å²) in [7, 11) is 0. The maximum absolute atomic E-state index is 11.7. The molecule has 1 saturated heterocycles. The highest BCUT2D eigenvalue weighted by atomic mass is 32.2. The standard InChI is InChI=1S/C13H17N3O3S/c17-12(18)5-10-1-2-11(7-14-10)16-13(19)15-6-9-3-4-20-8-9/h1-2,7,9H,3-6,8H2,(H,17,18)(H2,15,16,19). The average Bonchev–Trinajstić information content (AvgIpc) is 2.91. The van der Waals surface area contributed by atoms with Crippen molar-refractivity contribution in [2.45, 2.75) is 12.8 Å².